The summed E-state index contributed by atoms with van der Waals surface area (Å²) in [5.41, 5.74) is 1.36. The van der Waals surface area contributed by atoms with Crippen LogP contribution in [0.5, 0.6) is 5.75 Å². The van der Waals surface area contributed by atoms with Crippen LogP contribution in [0.15, 0.2) is 24.3 Å². The van der Waals surface area contributed by atoms with Gasteiger partial charge in [0.1, 0.15) is 0 Å². The van der Waals surface area contributed by atoms with Crippen molar-refractivity contribution in [2.24, 2.45) is 0 Å². The second-order valence-electron chi connectivity index (χ2n) is 5.27. The maximum absolute atomic E-state index is 14.2. The van der Waals surface area contributed by atoms with Gasteiger partial charge in [0.2, 0.25) is 5.78 Å². The van der Waals surface area contributed by atoms with Gasteiger partial charge < -0.3 is 4.74 Å². The predicted molar refractivity (Wildman–Crippen MR) is 82.0 cm³/mol. The van der Waals surface area contributed by atoms with Crippen LogP contribution in [0, 0.1) is 5.82 Å². The molecule has 0 aliphatic heterocycles. The van der Waals surface area contributed by atoms with Gasteiger partial charge in [-0.3, -0.25) is 4.79 Å². The van der Waals surface area contributed by atoms with Crippen molar-refractivity contribution in [2.75, 3.05) is 7.11 Å². The van der Waals surface area contributed by atoms with Gasteiger partial charge in [0, 0.05) is 4.88 Å². The highest BCUT2D eigenvalue weighted by Crippen LogP contribution is 2.31. The summed E-state index contributed by atoms with van der Waals surface area (Å²) in [7, 11) is 1.40. The fourth-order valence-corrected chi connectivity index (χ4v) is 3.96. The number of benzene rings is 1. The van der Waals surface area contributed by atoms with Crippen LogP contribution in [0.2, 0.25) is 0 Å². The Morgan fingerprint density at radius 2 is 2.05 bits per heavy atom. The van der Waals surface area contributed by atoms with E-state index in [1.54, 1.807) is 6.07 Å². The van der Waals surface area contributed by atoms with Gasteiger partial charge in [0.05, 0.1) is 17.6 Å². The number of fused-ring (bicyclic) bond motifs is 1. The van der Waals surface area contributed by atoms with E-state index in [1.807, 2.05) is 6.07 Å². The molecule has 0 saturated heterocycles. The van der Waals surface area contributed by atoms with Gasteiger partial charge in [-0.25, -0.2) is 4.39 Å². The molecule has 4 heteroatoms. The van der Waals surface area contributed by atoms with Crippen LogP contribution in [0.25, 0.3) is 0 Å². The number of carbonyl (C=O) groups is 1. The lowest BCUT2D eigenvalue weighted by Crippen LogP contribution is -2.03. The summed E-state index contributed by atoms with van der Waals surface area (Å²) in [6.07, 6.45) is 5.66. The van der Waals surface area contributed by atoms with E-state index in [4.69, 9.17) is 4.74 Å². The van der Waals surface area contributed by atoms with E-state index in [0.717, 1.165) is 12.8 Å². The van der Waals surface area contributed by atoms with E-state index in [0.29, 0.717) is 4.88 Å². The molecule has 0 spiro atoms. The highest BCUT2D eigenvalue weighted by atomic mass is 32.1. The Labute approximate surface area is 127 Å². The molecule has 1 aromatic heterocycles. The van der Waals surface area contributed by atoms with Gasteiger partial charge in [-0.15, -0.1) is 11.3 Å². The minimum absolute atomic E-state index is 0.0887. The number of ketones is 1. The molecule has 3 rings (SSSR count). The minimum atomic E-state index is -0.575. The molecule has 0 radical (unpaired) electrons. The zero-order valence-electron chi connectivity index (χ0n) is 11.9. The summed E-state index contributed by atoms with van der Waals surface area (Å²) in [6.45, 7) is 0. The van der Waals surface area contributed by atoms with E-state index in [-0.39, 0.29) is 17.1 Å². The van der Waals surface area contributed by atoms with Crippen molar-refractivity contribution in [3.63, 3.8) is 0 Å². The molecule has 0 amide bonds. The lowest BCUT2D eigenvalue weighted by Gasteiger charge is -2.05. The molecule has 1 aliphatic rings. The molecule has 0 bridgehead atoms. The van der Waals surface area contributed by atoms with Crippen LogP contribution in [0.4, 0.5) is 4.39 Å². The number of ether oxygens (including phenoxy) is 1. The summed E-state index contributed by atoms with van der Waals surface area (Å²) in [5.74, 6) is -0.711. The number of hydrogen-bond donors (Lipinski definition) is 0. The van der Waals surface area contributed by atoms with E-state index in [2.05, 4.69) is 0 Å². The molecular formula is C17H17FO2S. The third-order valence-corrected chi connectivity index (χ3v) is 5.13. The molecule has 110 valence electrons. The van der Waals surface area contributed by atoms with Crippen LogP contribution in [-0.2, 0) is 12.8 Å². The zero-order chi connectivity index (χ0) is 14.8. The van der Waals surface area contributed by atoms with E-state index >= 15 is 0 Å². The first-order valence-electron chi connectivity index (χ1n) is 7.19. The Morgan fingerprint density at radius 1 is 1.24 bits per heavy atom. The molecule has 2 nitrogen and oxygen atoms in total. The number of halogens is 1. The van der Waals surface area contributed by atoms with E-state index < -0.39 is 5.82 Å². The average Bonchev–Trinajstić information content (AvgIpc) is 2.78. The lowest BCUT2D eigenvalue weighted by atomic mass is 10.1. The standard InChI is InChI=1S/C17H17FO2S/c1-20-13-8-5-7-12(16(13)18)17(19)15-10-11-6-3-2-4-9-14(11)21-15/h5,7-8,10H,2-4,6,9H2,1H3. The summed E-state index contributed by atoms with van der Waals surface area (Å²) in [5, 5.41) is 0. The molecule has 0 atom stereocenters. The van der Waals surface area contributed by atoms with Crippen molar-refractivity contribution >= 4 is 17.1 Å². The van der Waals surface area contributed by atoms with Gasteiger partial charge in [0.15, 0.2) is 11.6 Å². The highest BCUT2D eigenvalue weighted by Gasteiger charge is 2.21. The molecule has 0 fully saturated rings. The van der Waals surface area contributed by atoms with Gasteiger partial charge in [-0.05, 0) is 49.4 Å². The van der Waals surface area contributed by atoms with Crippen molar-refractivity contribution in [1.29, 1.82) is 0 Å². The molecule has 1 aliphatic carbocycles. The largest absolute Gasteiger partial charge is 0.494 e. The monoisotopic (exact) mass is 304 g/mol. The zero-order valence-corrected chi connectivity index (χ0v) is 12.8. The first kappa shape index (κ1) is 14.3. The maximum atomic E-state index is 14.2. The van der Waals surface area contributed by atoms with Gasteiger partial charge in [-0.1, -0.05) is 12.5 Å². The topological polar surface area (TPSA) is 26.3 Å². The second kappa shape index (κ2) is 5.98. The fraction of sp³-hybridized carbons (Fsp3) is 0.353. The SMILES string of the molecule is COc1cccc(C(=O)c2cc3c(s2)CCCCC3)c1F. The molecule has 0 saturated carbocycles. The van der Waals surface area contributed by atoms with Gasteiger partial charge in [0.25, 0.3) is 0 Å². The van der Waals surface area contributed by atoms with Crippen LogP contribution in [-0.4, -0.2) is 12.9 Å². The number of aryl methyl sites for hydroxylation is 2. The molecule has 21 heavy (non-hydrogen) atoms. The van der Waals surface area contributed by atoms with Gasteiger partial charge >= 0.3 is 0 Å². The first-order chi connectivity index (χ1) is 10.2. The number of methoxy groups -OCH3 is 1. The van der Waals surface area contributed by atoms with Crippen molar-refractivity contribution in [1.82, 2.24) is 0 Å². The Bertz CT molecular complexity index is 652. The van der Waals surface area contributed by atoms with Crippen molar-refractivity contribution in [3.05, 3.63) is 51.0 Å². The number of carbonyl (C=O) groups excluding carboxylic acids is 1. The van der Waals surface area contributed by atoms with Crippen LogP contribution < -0.4 is 4.74 Å². The summed E-state index contributed by atoms with van der Waals surface area (Å²) >= 11 is 1.52. The number of thiophene rings is 1. The van der Waals surface area contributed by atoms with Crippen molar-refractivity contribution in [3.8, 4) is 5.75 Å². The third-order valence-electron chi connectivity index (χ3n) is 3.90. The van der Waals surface area contributed by atoms with Crippen molar-refractivity contribution < 1.29 is 13.9 Å². The maximum Gasteiger partial charge on any atom is 0.206 e. The Morgan fingerprint density at radius 3 is 2.86 bits per heavy atom. The van der Waals surface area contributed by atoms with E-state index in [1.165, 1.54) is 60.3 Å². The summed E-state index contributed by atoms with van der Waals surface area (Å²) in [4.78, 5) is 14.5. The van der Waals surface area contributed by atoms with Gasteiger partial charge in [-0.2, -0.15) is 0 Å². The number of rotatable bonds is 3. The Balaban J connectivity index is 1.96. The normalized spacial score (nSPS) is 14.4. The van der Waals surface area contributed by atoms with Crippen LogP contribution in [0.1, 0.15) is 44.9 Å². The van der Waals surface area contributed by atoms with Crippen LogP contribution >= 0.6 is 11.3 Å². The summed E-state index contributed by atoms with van der Waals surface area (Å²) in [6, 6.07) is 6.64. The summed E-state index contributed by atoms with van der Waals surface area (Å²) < 4.78 is 19.2. The first-order valence-corrected chi connectivity index (χ1v) is 8.01. The molecule has 1 heterocycles. The Kier molecular flexibility index (Phi) is 4.06. The number of hydrogen-bond acceptors (Lipinski definition) is 3. The minimum Gasteiger partial charge on any atom is -0.494 e. The molecule has 0 N–H and O–H groups in total. The second-order valence-corrected chi connectivity index (χ2v) is 6.41. The Hall–Kier alpha value is -1.68. The predicted octanol–water partition coefficient (Wildman–Crippen LogP) is 4.40. The quantitative estimate of drug-likeness (QED) is 0.621. The van der Waals surface area contributed by atoms with E-state index in [9.17, 15) is 9.18 Å². The molecule has 0 unspecified atom stereocenters. The average molecular weight is 304 g/mol. The fourth-order valence-electron chi connectivity index (χ4n) is 2.76. The van der Waals surface area contributed by atoms with Crippen molar-refractivity contribution in [2.45, 2.75) is 32.1 Å². The molecular weight excluding hydrogens is 287 g/mol. The molecule has 1 aromatic carbocycles. The van der Waals surface area contributed by atoms with Crippen LogP contribution in [0.3, 0.4) is 0 Å². The smallest absolute Gasteiger partial charge is 0.206 e. The highest BCUT2D eigenvalue weighted by molar-refractivity contribution is 7.14. The molecule has 2 aromatic rings. The lowest BCUT2D eigenvalue weighted by molar-refractivity contribution is 0.103. The third kappa shape index (κ3) is 2.72.